The van der Waals surface area contributed by atoms with Crippen molar-refractivity contribution in [1.29, 1.82) is 0 Å². The molecule has 0 unspecified atom stereocenters. The molecule has 1 aliphatic carbocycles. The molecule has 2 aliphatic rings. The molecule has 0 aromatic rings. The van der Waals surface area contributed by atoms with E-state index in [0.717, 1.165) is 6.04 Å². The second kappa shape index (κ2) is 10.4. The number of nitrogens with zero attached hydrogens (tertiary/aromatic N) is 1. The van der Waals surface area contributed by atoms with Crippen molar-refractivity contribution < 1.29 is 21.5 Å². The van der Waals surface area contributed by atoms with E-state index in [1.807, 2.05) is 13.0 Å². The van der Waals surface area contributed by atoms with Crippen molar-refractivity contribution >= 4 is 8.32 Å². The number of hydrogen-bond acceptors (Lipinski definition) is 1. The Morgan fingerprint density at radius 3 is 1.50 bits per heavy atom. The van der Waals surface area contributed by atoms with Gasteiger partial charge in [-0.05, 0) is 54.1 Å². The average Bonchev–Trinajstić information content (AvgIpc) is 2.99. The van der Waals surface area contributed by atoms with Crippen LogP contribution in [0.5, 0.6) is 0 Å². The van der Waals surface area contributed by atoms with Gasteiger partial charge in [-0.25, -0.2) is 5.32 Å². The fraction of sp³-hybridized carbons (Fsp3) is 0.591. The summed E-state index contributed by atoms with van der Waals surface area (Å²) in [4.78, 5) is 0. The maximum atomic E-state index is 6.10. The number of hydrogen-bond donors (Lipinski definition) is 0. The van der Waals surface area contributed by atoms with E-state index in [1.54, 1.807) is 0 Å². The van der Waals surface area contributed by atoms with Gasteiger partial charge < -0.3 is 4.43 Å². The summed E-state index contributed by atoms with van der Waals surface area (Å²) in [5.74, 6) is 8.57. The molecule has 148 valence electrons. The Labute approximate surface area is 176 Å². The molecule has 0 amide bonds. The van der Waals surface area contributed by atoms with Crippen LogP contribution in [0.1, 0.15) is 62.3 Å². The van der Waals surface area contributed by atoms with E-state index < -0.39 is 8.32 Å². The third kappa shape index (κ3) is 6.62. The summed E-state index contributed by atoms with van der Waals surface area (Å²) in [6, 6.07) is 1.08. The molecule has 0 bridgehead atoms. The van der Waals surface area contributed by atoms with E-state index in [9.17, 15) is 0 Å². The Hall–Kier alpha value is 0.656. The summed E-state index contributed by atoms with van der Waals surface area (Å²) in [5.41, 5.74) is 0. The smallest absolute Gasteiger partial charge is 0.192 e. The molecule has 2 rings (SSSR count). The van der Waals surface area contributed by atoms with Crippen molar-refractivity contribution in [2.45, 2.75) is 80.4 Å². The van der Waals surface area contributed by atoms with Crippen LogP contribution in [0.2, 0.25) is 18.1 Å². The monoisotopic (exact) mass is 415 g/mol. The predicted octanol–water partition coefficient (Wildman–Crippen LogP) is 6.09. The molecule has 26 heavy (non-hydrogen) atoms. The quantitative estimate of drug-likeness (QED) is 0.512. The van der Waals surface area contributed by atoms with Gasteiger partial charge in [-0.1, -0.05) is 62.3 Å². The van der Waals surface area contributed by atoms with E-state index in [0.29, 0.717) is 6.61 Å². The fourth-order valence-electron chi connectivity index (χ4n) is 2.46. The second-order valence-corrected chi connectivity index (χ2v) is 13.6. The van der Waals surface area contributed by atoms with Crippen molar-refractivity contribution in [2.24, 2.45) is 0 Å². The maximum absolute atomic E-state index is 6.10. The van der Waals surface area contributed by atoms with Gasteiger partial charge in [0.1, 0.15) is 0 Å². The molecular weight excluding hydrogens is 378 g/mol. The standard InChI is InChI=1S/C12H22NOSi.C10H15.Fe/c1-10-7-8-13-11(10)9-14-15(5,6)12(2,3)4;1-6-7(2)9(4)10(5)8(6)3;/h7-8H,9H2,1-6H3;1-5H3;. The van der Waals surface area contributed by atoms with Gasteiger partial charge in [-0.3, -0.25) is 0 Å². The Bertz CT molecular complexity index is 365. The predicted molar refractivity (Wildman–Crippen MR) is 111 cm³/mol. The minimum atomic E-state index is -1.62. The zero-order valence-corrected chi connectivity index (χ0v) is 20.7. The first-order valence-electron chi connectivity index (χ1n) is 9.20. The Morgan fingerprint density at radius 2 is 1.23 bits per heavy atom. The van der Waals surface area contributed by atoms with E-state index in [-0.39, 0.29) is 22.1 Å². The van der Waals surface area contributed by atoms with Crippen LogP contribution in [0, 0.1) is 54.5 Å². The van der Waals surface area contributed by atoms with Crippen LogP contribution in [0.25, 0.3) is 0 Å². The van der Waals surface area contributed by atoms with Gasteiger partial charge in [0.05, 0.1) is 12.6 Å². The summed E-state index contributed by atoms with van der Waals surface area (Å²) < 4.78 is 6.10. The minimum absolute atomic E-state index is 0. The van der Waals surface area contributed by atoms with Crippen LogP contribution in [0.15, 0.2) is 0 Å². The molecule has 1 heterocycles. The van der Waals surface area contributed by atoms with Crippen LogP contribution in [-0.2, 0) is 21.5 Å². The third-order valence-electron chi connectivity index (χ3n) is 6.20. The van der Waals surface area contributed by atoms with Crippen LogP contribution >= 0.6 is 0 Å². The Balaban J connectivity index is 0.000000497. The van der Waals surface area contributed by atoms with Crippen molar-refractivity contribution in [1.82, 2.24) is 5.32 Å². The van der Waals surface area contributed by atoms with Crippen molar-refractivity contribution in [3.8, 4) is 0 Å². The molecule has 0 N–H and O–H groups in total. The van der Waals surface area contributed by atoms with Crippen molar-refractivity contribution in [2.75, 3.05) is 6.61 Å². The summed E-state index contributed by atoms with van der Waals surface area (Å²) >= 11 is 0. The van der Waals surface area contributed by atoms with E-state index in [2.05, 4.69) is 80.7 Å². The minimum Gasteiger partial charge on any atom is -0.415 e. The normalized spacial score (nSPS) is 23.2. The first-order chi connectivity index (χ1) is 11.3. The molecular formula is C22H37FeNOSi. The molecule has 10 radical (unpaired) electrons. The Kier molecular flexibility index (Phi) is 10.7. The average molecular weight is 415 g/mol. The molecule has 1 aliphatic heterocycles. The molecule has 0 aromatic heterocycles. The van der Waals surface area contributed by atoms with Crippen LogP contribution in [-0.4, -0.2) is 14.9 Å². The molecule has 0 aromatic carbocycles. The van der Waals surface area contributed by atoms with Gasteiger partial charge in [-0.15, -0.1) is 0 Å². The molecule has 4 heteroatoms. The summed E-state index contributed by atoms with van der Waals surface area (Å²) in [5, 5.41) is 4.57. The van der Waals surface area contributed by atoms with Gasteiger partial charge in [0.2, 0.25) is 0 Å². The van der Waals surface area contributed by atoms with Crippen LogP contribution < -0.4 is 5.32 Å². The largest absolute Gasteiger partial charge is 0.415 e. The molecule has 1 saturated heterocycles. The summed E-state index contributed by atoms with van der Waals surface area (Å²) in [7, 11) is -1.62. The van der Waals surface area contributed by atoms with E-state index in [1.165, 1.54) is 35.5 Å². The molecule has 0 spiro atoms. The van der Waals surface area contributed by atoms with Gasteiger partial charge in [0.25, 0.3) is 0 Å². The van der Waals surface area contributed by atoms with Crippen LogP contribution in [0.4, 0.5) is 0 Å². The topological polar surface area (TPSA) is 23.3 Å². The van der Waals surface area contributed by atoms with Crippen molar-refractivity contribution in [3.63, 3.8) is 0 Å². The van der Waals surface area contributed by atoms with Gasteiger partial charge in [0, 0.05) is 29.5 Å². The first-order valence-corrected chi connectivity index (χ1v) is 12.1. The molecule has 2 fully saturated rings. The zero-order chi connectivity index (χ0) is 19.6. The Morgan fingerprint density at radius 1 is 0.846 bits per heavy atom. The molecule has 1 saturated carbocycles. The molecule has 0 atom stereocenters. The SMILES string of the molecule is C[C]1[CH][CH][N][C]1CO[Si](C)(C)C(C)(C)C.C[C]1[C](C)[C](C)[C](C)[C]1C.[Fe]. The van der Waals surface area contributed by atoms with Gasteiger partial charge in [0.15, 0.2) is 8.32 Å². The fourth-order valence-corrected chi connectivity index (χ4v) is 3.39. The second-order valence-electron chi connectivity index (χ2n) is 8.75. The summed E-state index contributed by atoms with van der Waals surface area (Å²) in [6.45, 7) is 26.9. The van der Waals surface area contributed by atoms with Crippen molar-refractivity contribution in [3.05, 3.63) is 54.5 Å². The van der Waals surface area contributed by atoms with Gasteiger partial charge in [-0.2, -0.15) is 0 Å². The van der Waals surface area contributed by atoms with Crippen LogP contribution in [0.3, 0.4) is 0 Å². The van der Waals surface area contributed by atoms with E-state index >= 15 is 0 Å². The first kappa shape index (κ1) is 26.7. The maximum Gasteiger partial charge on any atom is 0.192 e. The summed E-state index contributed by atoms with van der Waals surface area (Å²) in [6.07, 6.45) is 2.03. The molecule has 2 nitrogen and oxygen atoms in total. The van der Waals surface area contributed by atoms with E-state index in [4.69, 9.17) is 4.43 Å². The number of rotatable bonds is 3. The third-order valence-corrected chi connectivity index (χ3v) is 10.7. The zero-order valence-electron chi connectivity index (χ0n) is 18.6. The van der Waals surface area contributed by atoms with Gasteiger partial charge >= 0.3 is 0 Å².